The van der Waals surface area contributed by atoms with E-state index < -0.39 is 0 Å². The second-order valence-corrected chi connectivity index (χ2v) is 8.62. The molecule has 5 rings (SSSR count). The lowest BCUT2D eigenvalue weighted by Gasteiger charge is -2.22. The number of thiophene rings is 1. The molecule has 1 amide bonds. The maximum Gasteiger partial charge on any atom is 0.275 e. The van der Waals surface area contributed by atoms with Gasteiger partial charge in [-0.3, -0.25) is 9.78 Å². The molecule has 0 bridgehead atoms. The smallest absolute Gasteiger partial charge is 0.275 e. The number of rotatable bonds is 9. The van der Waals surface area contributed by atoms with E-state index in [1.165, 1.54) is 0 Å². The average molecular weight is 486 g/mol. The number of benzene rings is 1. The van der Waals surface area contributed by atoms with Crippen molar-refractivity contribution in [1.29, 1.82) is 0 Å². The van der Waals surface area contributed by atoms with Gasteiger partial charge in [-0.05, 0) is 58.3 Å². The van der Waals surface area contributed by atoms with Crippen LogP contribution in [0.1, 0.15) is 27.3 Å². The Kier molecular flexibility index (Phi) is 6.67. The molecule has 0 N–H and O–H groups in total. The molecule has 0 aliphatic carbocycles. The third kappa shape index (κ3) is 5.30. The maximum atomic E-state index is 13.6. The molecule has 0 aliphatic heterocycles. The summed E-state index contributed by atoms with van der Waals surface area (Å²) < 4.78 is 13.1. The number of pyridine rings is 1. The molecule has 5 aromatic rings. The van der Waals surface area contributed by atoms with Crippen molar-refractivity contribution in [2.75, 3.05) is 7.11 Å². The molecule has 0 radical (unpaired) electrons. The number of methoxy groups -OCH3 is 1. The van der Waals surface area contributed by atoms with Gasteiger partial charge >= 0.3 is 0 Å². The van der Waals surface area contributed by atoms with Gasteiger partial charge in [0.05, 0.1) is 19.3 Å². The molecule has 8 nitrogen and oxygen atoms in total. The Bertz CT molecular complexity index is 1390. The first-order chi connectivity index (χ1) is 17.2. The largest absolute Gasteiger partial charge is 0.493 e. The van der Waals surface area contributed by atoms with Crippen molar-refractivity contribution >= 4 is 22.9 Å². The van der Waals surface area contributed by atoms with Crippen molar-refractivity contribution in [2.24, 2.45) is 0 Å². The molecule has 0 fully saturated rings. The van der Waals surface area contributed by atoms with Crippen LogP contribution in [0.15, 0.2) is 83.9 Å². The highest BCUT2D eigenvalue weighted by Crippen LogP contribution is 2.30. The van der Waals surface area contributed by atoms with Crippen LogP contribution in [0.5, 0.6) is 11.5 Å². The van der Waals surface area contributed by atoms with Gasteiger partial charge in [0.25, 0.3) is 5.91 Å². The van der Waals surface area contributed by atoms with E-state index in [4.69, 9.17) is 9.47 Å². The van der Waals surface area contributed by atoms with Gasteiger partial charge < -0.3 is 14.4 Å². The molecule has 0 unspecified atom stereocenters. The summed E-state index contributed by atoms with van der Waals surface area (Å²) in [5.41, 5.74) is 3.71. The standard InChI is InChI=1S/C26H23N5O3S/c1-33-23-7-6-19(13-24(23)34-17-20-8-12-35-18-20)15-30(16-21-5-2-3-9-27-21)26(32)22-14-25-28-10-4-11-31(25)29-22/h2-14,18H,15-17H2,1H3. The SMILES string of the molecule is COc1ccc(CN(Cc2ccccn2)C(=O)c2cc3ncccn3n2)cc1OCc1ccsc1. The number of aromatic nitrogens is 4. The highest BCUT2D eigenvalue weighted by molar-refractivity contribution is 7.07. The monoisotopic (exact) mass is 485 g/mol. The number of amides is 1. The Morgan fingerprint density at radius 2 is 1.91 bits per heavy atom. The van der Waals surface area contributed by atoms with Crippen LogP contribution in [0, 0.1) is 0 Å². The van der Waals surface area contributed by atoms with E-state index in [0.717, 1.165) is 16.8 Å². The molecule has 35 heavy (non-hydrogen) atoms. The average Bonchev–Trinajstić information content (AvgIpc) is 3.57. The Morgan fingerprint density at radius 1 is 1.00 bits per heavy atom. The number of nitrogens with zero attached hydrogens (tertiary/aromatic N) is 5. The lowest BCUT2D eigenvalue weighted by atomic mass is 10.1. The second kappa shape index (κ2) is 10.4. The van der Waals surface area contributed by atoms with Crippen LogP contribution < -0.4 is 9.47 Å². The summed E-state index contributed by atoms with van der Waals surface area (Å²) in [6.45, 7) is 1.11. The number of ether oxygens (including phenoxy) is 2. The molecule has 176 valence electrons. The van der Waals surface area contributed by atoms with Crippen LogP contribution in [-0.2, 0) is 19.7 Å². The number of carbonyl (C=O) groups is 1. The Hall–Kier alpha value is -4.24. The fourth-order valence-electron chi connectivity index (χ4n) is 3.67. The zero-order valence-electron chi connectivity index (χ0n) is 19.1. The van der Waals surface area contributed by atoms with Crippen LogP contribution in [0.3, 0.4) is 0 Å². The summed E-state index contributed by atoms with van der Waals surface area (Å²) in [5.74, 6) is 1.05. The molecule has 0 spiro atoms. The van der Waals surface area contributed by atoms with Crippen molar-refractivity contribution in [1.82, 2.24) is 24.5 Å². The minimum absolute atomic E-state index is 0.210. The Labute approximate surface area is 206 Å². The molecular weight excluding hydrogens is 462 g/mol. The molecule has 0 saturated heterocycles. The molecule has 0 atom stereocenters. The Balaban J connectivity index is 1.42. The molecule has 0 aliphatic rings. The summed E-state index contributed by atoms with van der Waals surface area (Å²) in [4.78, 5) is 23.9. The van der Waals surface area contributed by atoms with E-state index in [0.29, 0.717) is 42.5 Å². The summed E-state index contributed by atoms with van der Waals surface area (Å²) in [7, 11) is 1.61. The van der Waals surface area contributed by atoms with Crippen LogP contribution in [0.25, 0.3) is 5.65 Å². The predicted molar refractivity (Wildman–Crippen MR) is 132 cm³/mol. The third-order valence-electron chi connectivity index (χ3n) is 5.40. The van der Waals surface area contributed by atoms with E-state index in [1.54, 1.807) is 58.6 Å². The van der Waals surface area contributed by atoms with E-state index in [9.17, 15) is 4.79 Å². The highest BCUT2D eigenvalue weighted by atomic mass is 32.1. The van der Waals surface area contributed by atoms with E-state index in [1.807, 2.05) is 53.2 Å². The minimum atomic E-state index is -0.210. The van der Waals surface area contributed by atoms with Gasteiger partial charge in [-0.15, -0.1) is 0 Å². The van der Waals surface area contributed by atoms with Crippen molar-refractivity contribution in [3.05, 3.63) is 106 Å². The topological polar surface area (TPSA) is 81.9 Å². The van der Waals surface area contributed by atoms with E-state index in [-0.39, 0.29) is 5.91 Å². The first-order valence-corrected chi connectivity index (χ1v) is 11.9. The second-order valence-electron chi connectivity index (χ2n) is 7.84. The normalized spacial score (nSPS) is 10.9. The van der Waals surface area contributed by atoms with Gasteiger partial charge in [-0.25, -0.2) is 9.50 Å². The molecular formula is C26H23N5O3S. The van der Waals surface area contributed by atoms with Crippen LogP contribution >= 0.6 is 11.3 Å². The van der Waals surface area contributed by atoms with Crippen LogP contribution in [0.2, 0.25) is 0 Å². The number of carbonyl (C=O) groups excluding carboxylic acids is 1. The summed E-state index contributed by atoms with van der Waals surface area (Å²) in [6, 6.07) is 16.8. The van der Waals surface area contributed by atoms with Gasteiger partial charge in [0.1, 0.15) is 6.61 Å². The van der Waals surface area contributed by atoms with Gasteiger partial charge in [0, 0.05) is 31.2 Å². The van der Waals surface area contributed by atoms with Gasteiger partial charge in [0.2, 0.25) is 0 Å². The van der Waals surface area contributed by atoms with Crippen molar-refractivity contribution < 1.29 is 14.3 Å². The lowest BCUT2D eigenvalue weighted by molar-refractivity contribution is 0.0721. The highest BCUT2D eigenvalue weighted by Gasteiger charge is 2.21. The molecule has 4 aromatic heterocycles. The van der Waals surface area contributed by atoms with Crippen molar-refractivity contribution in [3.63, 3.8) is 0 Å². The zero-order valence-corrected chi connectivity index (χ0v) is 19.9. The number of hydrogen-bond acceptors (Lipinski definition) is 7. The third-order valence-corrected chi connectivity index (χ3v) is 6.13. The first kappa shape index (κ1) is 22.5. The van der Waals surface area contributed by atoms with Gasteiger partial charge in [0.15, 0.2) is 22.8 Å². The minimum Gasteiger partial charge on any atom is -0.493 e. The molecule has 9 heteroatoms. The van der Waals surface area contributed by atoms with E-state index >= 15 is 0 Å². The van der Waals surface area contributed by atoms with Crippen LogP contribution in [0.4, 0.5) is 0 Å². The fraction of sp³-hybridized carbons (Fsp3) is 0.154. The summed E-state index contributed by atoms with van der Waals surface area (Å²) in [5, 5.41) is 8.48. The zero-order chi connectivity index (χ0) is 24.0. The number of fused-ring (bicyclic) bond motifs is 1. The van der Waals surface area contributed by atoms with E-state index in [2.05, 4.69) is 15.1 Å². The Morgan fingerprint density at radius 3 is 2.69 bits per heavy atom. The molecule has 4 heterocycles. The lowest BCUT2D eigenvalue weighted by Crippen LogP contribution is -2.30. The number of hydrogen-bond donors (Lipinski definition) is 0. The van der Waals surface area contributed by atoms with Crippen molar-refractivity contribution in [3.8, 4) is 11.5 Å². The summed E-state index contributed by atoms with van der Waals surface area (Å²) in [6.07, 6.45) is 5.16. The van der Waals surface area contributed by atoms with Gasteiger partial charge in [-0.1, -0.05) is 12.1 Å². The van der Waals surface area contributed by atoms with Gasteiger partial charge in [-0.2, -0.15) is 16.4 Å². The summed E-state index contributed by atoms with van der Waals surface area (Å²) >= 11 is 1.63. The quantitative estimate of drug-likeness (QED) is 0.303. The predicted octanol–water partition coefficient (Wildman–Crippen LogP) is 4.62. The van der Waals surface area contributed by atoms with Crippen molar-refractivity contribution in [2.45, 2.75) is 19.7 Å². The fourth-order valence-corrected chi connectivity index (χ4v) is 4.33. The molecule has 1 aromatic carbocycles. The van der Waals surface area contributed by atoms with Crippen LogP contribution in [-0.4, -0.2) is 37.5 Å². The molecule has 0 saturated carbocycles. The first-order valence-electron chi connectivity index (χ1n) is 11.0. The maximum absolute atomic E-state index is 13.6.